The van der Waals surface area contributed by atoms with Crippen molar-refractivity contribution in [3.05, 3.63) is 85.1 Å². The monoisotopic (exact) mass is 401 g/mol. The second kappa shape index (κ2) is 7.31. The number of para-hydroxylation sites is 1. The lowest BCUT2D eigenvalue weighted by Crippen LogP contribution is -2.02. The van der Waals surface area contributed by atoms with Crippen LogP contribution in [0.2, 0.25) is 0 Å². The molecule has 0 atom stereocenters. The summed E-state index contributed by atoms with van der Waals surface area (Å²) in [5.74, 6) is -0.356. The minimum absolute atomic E-state index is 0.323. The third-order valence-corrected chi connectivity index (χ3v) is 5.48. The molecule has 0 fully saturated rings. The zero-order valence-corrected chi connectivity index (χ0v) is 16.4. The molecule has 0 saturated carbocycles. The minimum Gasteiger partial charge on any atom is -0.314 e. The predicted molar refractivity (Wildman–Crippen MR) is 115 cm³/mol. The van der Waals surface area contributed by atoms with Gasteiger partial charge >= 0.3 is 0 Å². The molecular formula is C23H16FN3OS. The van der Waals surface area contributed by atoms with Gasteiger partial charge in [0.1, 0.15) is 5.69 Å². The Kier molecular flexibility index (Phi) is 4.50. The predicted octanol–water partition coefficient (Wildman–Crippen LogP) is 6.03. The molecule has 0 aliphatic rings. The Balaban J connectivity index is 1.78. The smallest absolute Gasteiger partial charge is 0.174 e. The van der Waals surface area contributed by atoms with Crippen molar-refractivity contribution in [1.29, 1.82) is 0 Å². The molecule has 0 N–H and O–H groups in total. The first kappa shape index (κ1) is 17.8. The van der Waals surface area contributed by atoms with Crippen LogP contribution < -0.4 is 0 Å². The summed E-state index contributed by atoms with van der Waals surface area (Å²) in [5.41, 5.74) is 3.16. The Labute approximate surface area is 171 Å². The second-order valence-electron chi connectivity index (χ2n) is 6.53. The number of halogens is 1. The van der Waals surface area contributed by atoms with E-state index >= 15 is 4.39 Å². The van der Waals surface area contributed by atoms with Crippen molar-refractivity contribution in [3.63, 3.8) is 0 Å². The highest BCUT2D eigenvalue weighted by molar-refractivity contribution is 7.94. The van der Waals surface area contributed by atoms with Gasteiger partial charge in [0.2, 0.25) is 0 Å². The van der Waals surface area contributed by atoms with Crippen molar-refractivity contribution < 1.29 is 8.57 Å². The van der Waals surface area contributed by atoms with Crippen LogP contribution in [0.3, 0.4) is 0 Å². The molecule has 0 radical (unpaired) electrons. The Morgan fingerprint density at radius 2 is 1.83 bits per heavy atom. The van der Waals surface area contributed by atoms with E-state index in [2.05, 4.69) is 9.97 Å². The molecule has 0 saturated heterocycles. The molecule has 3 aromatic heterocycles. The second-order valence-corrected chi connectivity index (χ2v) is 7.51. The Hall–Kier alpha value is -3.22. The van der Waals surface area contributed by atoms with Crippen LogP contribution in [0.15, 0.2) is 84.1 Å². The average Bonchev–Trinajstić information content (AvgIpc) is 3.18. The molecule has 5 aromatic rings. The summed E-state index contributed by atoms with van der Waals surface area (Å²) < 4.78 is 22.9. The molecule has 3 heterocycles. The van der Waals surface area contributed by atoms with E-state index in [4.69, 9.17) is 4.18 Å². The lowest BCUT2D eigenvalue weighted by Gasteiger charge is -2.14. The standard InChI is InChI=1S/C23H16FN3OS/c1-28-29-17-8-6-15(7-9-17)22-21(24)23(18-4-2-3-5-19(18)26-22)27-13-11-16-14-25-12-10-20(16)27/h2-14H,1H3. The van der Waals surface area contributed by atoms with Gasteiger partial charge in [0, 0.05) is 51.9 Å². The first-order valence-corrected chi connectivity index (χ1v) is 9.81. The number of hydrogen-bond donors (Lipinski definition) is 0. The third kappa shape index (κ3) is 3.06. The number of rotatable bonds is 4. The Morgan fingerprint density at radius 3 is 2.66 bits per heavy atom. The number of pyridine rings is 2. The number of fused-ring (bicyclic) bond motifs is 2. The maximum atomic E-state index is 15.9. The van der Waals surface area contributed by atoms with E-state index in [0.29, 0.717) is 16.9 Å². The zero-order valence-electron chi connectivity index (χ0n) is 15.5. The van der Waals surface area contributed by atoms with Gasteiger partial charge in [-0.1, -0.05) is 30.3 Å². The van der Waals surface area contributed by atoms with Gasteiger partial charge in [-0.25, -0.2) is 9.37 Å². The number of hydrogen-bond acceptors (Lipinski definition) is 4. The van der Waals surface area contributed by atoms with Crippen molar-refractivity contribution in [2.24, 2.45) is 0 Å². The SMILES string of the molecule is COSc1ccc(-c2nc3ccccc3c(-n3ccc4cnccc43)c2F)cc1. The highest BCUT2D eigenvalue weighted by Crippen LogP contribution is 2.34. The van der Waals surface area contributed by atoms with Gasteiger partial charge in [0.25, 0.3) is 0 Å². The topological polar surface area (TPSA) is 39.9 Å². The van der Waals surface area contributed by atoms with Gasteiger partial charge in [0.05, 0.1) is 23.8 Å². The fourth-order valence-electron chi connectivity index (χ4n) is 3.54. The number of aromatic nitrogens is 3. The number of benzene rings is 2. The fraction of sp³-hybridized carbons (Fsp3) is 0.0435. The maximum Gasteiger partial charge on any atom is 0.174 e. The summed E-state index contributed by atoms with van der Waals surface area (Å²) in [6, 6.07) is 19.0. The summed E-state index contributed by atoms with van der Waals surface area (Å²) >= 11 is 1.26. The van der Waals surface area contributed by atoms with Crippen molar-refractivity contribution in [2.45, 2.75) is 4.90 Å². The third-order valence-electron chi connectivity index (χ3n) is 4.85. The van der Waals surface area contributed by atoms with E-state index in [-0.39, 0.29) is 5.82 Å². The van der Waals surface area contributed by atoms with Crippen LogP contribution in [-0.2, 0) is 4.18 Å². The summed E-state index contributed by atoms with van der Waals surface area (Å²) in [7, 11) is 1.62. The average molecular weight is 401 g/mol. The molecule has 0 amide bonds. The molecule has 2 aromatic carbocycles. The van der Waals surface area contributed by atoms with Crippen LogP contribution in [0.4, 0.5) is 4.39 Å². The molecule has 0 aliphatic heterocycles. The van der Waals surface area contributed by atoms with E-state index in [0.717, 1.165) is 26.7 Å². The molecule has 142 valence electrons. The van der Waals surface area contributed by atoms with E-state index < -0.39 is 0 Å². The molecule has 0 spiro atoms. The fourth-order valence-corrected chi connectivity index (χ4v) is 3.98. The van der Waals surface area contributed by atoms with Crippen LogP contribution in [0.25, 0.3) is 38.8 Å². The molecular weight excluding hydrogens is 385 g/mol. The summed E-state index contributed by atoms with van der Waals surface area (Å²) in [5, 5.41) is 1.71. The van der Waals surface area contributed by atoms with Crippen LogP contribution >= 0.6 is 12.0 Å². The molecule has 5 rings (SSSR count). The van der Waals surface area contributed by atoms with Gasteiger partial charge < -0.3 is 8.75 Å². The minimum atomic E-state index is -0.356. The van der Waals surface area contributed by atoms with Gasteiger partial charge in [-0.3, -0.25) is 4.98 Å². The highest BCUT2D eigenvalue weighted by atomic mass is 32.2. The molecule has 29 heavy (non-hydrogen) atoms. The molecule has 0 bridgehead atoms. The Morgan fingerprint density at radius 1 is 1.00 bits per heavy atom. The van der Waals surface area contributed by atoms with E-state index in [1.165, 1.54) is 12.0 Å². The highest BCUT2D eigenvalue weighted by Gasteiger charge is 2.19. The quantitative estimate of drug-likeness (QED) is 0.345. The van der Waals surface area contributed by atoms with Crippen LogP contribution in [0, 0.1) is 5.82 Å². The molecule has 0 aliphatic carbocycles. The normalized spacial score (nSPS) is 11.4. The Bertz CT molecular complexity index is 1330. The largest absolute Gasteiger partial charge is 0.314 e. The lowest BCUT2D eigenvalue weighted by atomic mass is 10.1. The van der Waals surface area contributed by atoms with Gasteiger partial charge in [-0.2, -0.15) is 0 Å². The van der Waals surface area contributed by atoms with Gasteiger partial charge in [-0.05, 0) is 30.3 Å². The zero-order chi connectivity index (χ0) is 19.8. The maximum absolute atomic E-state index is 15.9. The van der Waals surface area contributed by atoms with Crippen LogP contribution in [0.5, 0.6) is 0 Å². The van der Waals surface area contributed by atoms with E-state index in [1.807, 2.05) is 71.4 Å². The van der Waals surface area contributed by atoms with E-state index in [9.17, 15) is 0 Å². The summed E-state index contributed by atoms with van der Waals surface area (Å²) in [4.78, 5) is 9.74. The van der Waals surface area contributed by atoms with Crippen molar-refractivity contribution in [1.82, 2.24) is 14.5 Å². The van der Waals surface area contributed by atoms with Crippen molar-refractivity contribution >= 4 is 33.8 Å². The van der Waals surface area contributed by atoms with Crippen molar-refractivity contribution in [3.8, 4) is 16.9 Å². The molecule has 4 nitrogen and oxygen atoms in total. The van der Waals surface area contributed by atoms with Crippen LogP contribution in [0.1, 0.15) is 0 Å². The van der Waals surface area contributed by atoms with Gasteiger partial charge in [0.15, 0.2) is 5.82 Å². The van der Waals surface area contributed by atoms with Gasteiger partial charge in [-0.15, -0.1) is 0 Å². The summed E-state index contributed by atoms with van der Waals surface area (Å²) in [6.07, 6.45) is 5.37. The number of nitrogens with zero attached hydrogens (tertiary/aromatic N) is 3. The van der Waals surface area contributed by atoms with E-state index in [1.54, 1.807) is 19.5 Å². The first-order valence-electron chi connectivity index (χ1n) is 9.07. The molecule has 6 heteroatoms. The summed E-state index contributed by atoms with van der Waals surface area (Å²) in [6.45, 7) is 0. The first-order chi connectivity index (χ1) is 14.3. The molecule has 0 unspecified atom stereocenters. The lowest BCUT2D eigenvalue weighted by molar-refractivity contribution is 0.490. The van der Waals surface area contributed by atoms with Crippen molar-refractivity contribution in [2.75, 3.05) is 7.11 Å². The van der Waals surface area contributed by atoms with Crippen LogP contribution in [-0.4, -0.2) is 21.6 Å².